The van der Waals surface area contributed by atoms with Crippen LogP contribution < -0.4 is 0 Å². The first-order valence-electron chi connectivity index (χ1n) is 3.02. The number of aliphatic carboxylic acids is 1. The van der Waals surface area contributed by atoms with Crippen molar-refractivity contribution >= 4 is 5.97 Å². The van der Waals surface area contributed by atoms with Crippen molar-refractivity contribution in [3.8, 4) is 0 Å². The summed E-state index contributed by atoms with van der Waals surface area (Å²) in [6.07, 6.45) is 1.98. The lowest BCUT2D eigenvalue weighted by Gasteiger charge is -2.11. The summed E-state index contributed by atoms with van der Waals surface area (Å²) in [5.41, 5.74) is -0.468. The van der Waals surface area contributed by atoms with E-state index in [1.54, 1.807) is 0 Å². The molecule has 0 saturated heterocycles. The molecule has 1 rings (SSSR count). The summed E-state index contributed by atoms with van der Waals surface area (Å²) in [6.45, 7) is 0. The third kappa shape index (κ3) is 1.42. The normalized spacial score (nSPS) is 21.0. The molecular formula is C6H5NO5. The summed E-state index contributed by atoms with van der Waals surface area (Å²) in [4.78, 5) is 19.8. The summed E-state index contributed by atoms with van der Waals surface area (Å²) in [6, 6.07) is 0. The van der Waals surface area contributed by atoms with Crippen molar-refractivity contribution in [1.82, 2.24) is 0 Å². The van der Waals surface area contributed by atoms with Crippen molar-refractivity contribution in [1.29, 1.82) is 0 Å². The maximum atomic E-state index is 10.4. The first-order valence-corrected chi connectivity index (χ1v) is 3.02. The Hall–Kier alpha value is -1.85. The Labute approximate surface area is 66.9 Å². The molecule has 6 heteroatoms. The van der Waals surface area contributed by atoms with Gasteiger partial charge in [0.15, 0.2) is 0 Å². The van der Waals surface area contributed by atoms with Gasteiger partial charge in [0.25, 0.3) is 11.8 Å². The first kappa shape index (κ1) is 8.25. The molecule has 0 amide bonds. The highest BCUT2D eigenvalue weighted by atomic mass is 16.6. The molecule has 6 nitrogen and oxygen atoms in total. The van der Waals surface area contributed by atoms with E-state index in [2.05, 4.69) is 4.74 Å². The summed E-state index contributed by atoms with van der Waals surface area (Å²) in [7, 11) is 0. The summed E-state index contributed by atoms with van der Waals surface area (Å²) in [5, 5.41) is 18.7. The van der Waals surface area contributed by atoms with E-state index in [9.17, 15) is 14.9 Å². The minimum atomic E-state index is -1.50. The monoisotopic (exact) mass is 171 g/mol. The van der Waals surface area contributed by atoms with Crippen LogP contribution in [0.25, 0.3) is 0 Å². The van der Waals surface area contributed by atoms with Gasteiger partial charge in [0.1, 0.15) is 0 Å². The number of ether oxygens (including phenoxy) is 1. The second kappa shape index (κ2) is 3.04. The lowest BCUT2D eigenvalue weighted by atomic mass is 10.2. The van der Waals surface area contributed by atoms with Gasteiger partial charge in [-0.2, -0.15) is 0 Å². The third-order valence-electron chi connectivity index (χ3n) is 1.26. The molecule has 0 radical (unpaired) electrons. The van der Waals surface area contributed by atoms with Crippen LogP contribution in [0.1, 0.15) is 0 Å². The zero-order valence-corrected chi connectivity index (χ0v) is 5.84. The molecule has 1 aliphatic heterocycles. The molecule has 0 saturated carbocycles. The number of allylic oxidation sites excluding steroid dienone is 2. The lowest BCUT2D eigenvalue weighted by molar-refractivity contribution is -0.434. The lowest BCUT2D eigenvalue weighted by Crippen LogP contribution is -2.29. The minimum Gasteiger partial charge on any atom is -0.478 e. The molecule has 1 aliphatic rings. The van der Waals surface area contributed by atoms with Gasteiger partial charge in [0, 0.05) is 6.08 Å². The Balaban J connectivity index is 2.91. The molecule has 64 valence electrons. The SMILES string of the molecule is O=C(O)C1OC=CC=C1[N+](=O)[O-]. The second-order valence-corrected chi connectivity index (χ2v) is 2.03. The molecule has 1 atom stereocenters. The molecule has 0 aliphatic carbocycles. The Morgan fingerprint density at radius 2 is 2.42 bits per heavy atom. The predicted octanol–water partition coefficient (Wildman–Crippen LogP) is 0.144. The van der Waals surface area contributed by atoms with Gasteiger partial charge in [-0.15, -0.1) is 0 Å². The van der Waals surface area contributed by atoms with Crippen LogP contribution in [0.15, 0.2) is 24.1 Å². The average molecular weight is 171 g/mol. The molecule has 0 aromatic rings. The molecule has 12 heavy (non-hydrogen) atoms. The van der Waals surface area contributed by atoms with Gasteiger partial charge in [-0.05, 0) is 6.08 Å². The highest BCUT2D eigenvalue weighted by Crippen LogP contribution is 2.13. The zero-order chi connectivity index (χ0) is 9.14. The van der Waals surface area contributed by atoms with Gasteiger partial charge in [0.05, 0.1) is 11.2 Å². The van der Waals surface area contributed by atoms with Crippen LogP contribution in [-0.2, 0) is 9.53 Å². The van der Waals surface area contributed by atoms with Gasteiger partial charge >= 0.3 is 5.97 Å². The largest absolute Gasteiger partial charge is 0.478 e. The molecule has 1 N–H and O–H groups in total. The van der Waals surface area contributed by atoms with Crippen molar-refractivity contribution in [2.75, 3.05) is 0 Å². The van der Waals surface area contributed by atoms with Crippen LogP contribution in [0.5, 0.6) is 0 Å². The molecule has 1 unspecified atom stereocenters. The van der Waals surface area contributed by atoms with Crippen LogP contribution in [0.2, 0.25) is 0 Å². The zero-order valence-electron chi connectivity index (χ0n) is 5.84. The van der Waals surface area contributed by atoms with Crippen molar-refractivity contribution in [2.24, 2.45) is 0 Å². The molecule has 0 bridgehead atoms. The Morgan fingerprint density at radius 3 is 2.83 bits per heavy atom. The molecule has 0 aromatic heterocycles. The molecule has 0 fully saturated rings. The quantitative estimate of drug-likeness (QED) is 0.471. The number of nitrogens with zero attached hydrogens (tertiary/aromatic N) is 1. The Morgan fingerprint density at radius 1 is 1.75 bits per heavy atom. The van der Waals surface area contributed by atoms with Crippen LogP contribution in [0, 0.1) is 10.1 Å². The van der Waals surface area contributed by atoms with E-state index in [0.717, 1.165) is 12.3 Å². The van der Waals surface area contributed by atoms with Crippen LogP contribution >= 0.6 is 0 Å². The third-order valence-corrected chi connectivity index (χ3v) is 1.26. The molecule has 1 heterocycles. The topological polar surface area (TPSA) is 89.7 Å². The van der Waals surface area contributed by atoms with E-state index >= 15 is 0 Å². The number of rotatable bonds is 2. The van der Waals surface area contributed by atoms with Gasteiger partial charge < -0.3 is 9.84 Å². The van der Waals surface area contributed by atoms with Crippen molar-refractivity contribution in [2.45, 2.75) is 6.10 Å². The maximum Gasteiger partial charge on any atom is 0.356 e. The predicted molar refractivity (Wildman–Crippen MR) is 36.7 cm³/mol. The average Bonchev–Trinajstić information content (AvgIpc) is 2.04. The number of hydrogen-bond donors (Lipinski definition) is 1. The van der Waals surface area contributed by atoms with E-state index in [0.29, 0.717) is 0 Å². The van der Waals surface area contributed by atoms with Crippen molar-refractivity contribution < 1.29 is 19.6 Å². The highest BCUT2D eigenvalue weighted by Gasteiger charge is 2.33. The summed E-state index contributed by atoms with van der Waals surface area (Å²) < 4.78 is 4.52. The number of nitro groups is 1. The van der Waals surface area contributed by atoms with Crippen molar-refractivity contribution in [3.63, 3.8) is 0 Å². The van der Waals surface area contributed by atoms with E-state index < -0.39 is 22.7 Å². The minimum absolute atomic E-state index is 0.468. The van der Waals surface area contributed by atoms with E-state index in [1.165, 1.54) is 6.08 Å². The van der Waals surface area contributed by atoms with E-state index in [4.69, 9.17) is 5.11 Å². The van der Waals surface area contributed by atoms with E-state index in [-0.39, 0.29) is 0 Å². The second-order valence-electron chi connectivity index (χ2n) is 2.03. The van der Waals surface area contributed by atoms with Crippen LogP contribution in [-0.4, -0.2) is 22.1 Å². The summed E-state index contributed by atoms with van der Waals surface area (Å²) >= 11 is 0. The smallest absolute Gasteiger partial charge is 0.356 e. The Kier molecular flexibility index (Phi) is 2.09. The van der Waals surface area contributed by atoms with Gasteiger partial charge in [0.2, 0.25) is 0 Å². The molecule has 0 aromatic carbocycles. The summed E-state index contributed by atoms with van der Waals surface area (Å²) in [5.74, 6) is -1.37. The first-order chi connectivity index (χ1) is 5.63. The fourth-order valence-electron chi connectivity index (χ4n) is 0.760. The van der Waals surface area contributed by atoms with Gasteiger partial charge in [-0.25, -0.2) is 4.79 Å². The standard InChI is InChI=1S/C6H5NO5/c8-6(9)5-4(7(10)11)2-1-3-12-5/h1-3,5H,(H,8,9). The fraction of sp³-hybridized carbons (Fsp3) is 0.167. The highest BCUT2D eigenvalue weighted by molar-refractivity contribution is 5.76. The number of carboxylic acids is 1. The van der Waals surface area contributed by atoms with Crippen LogP contribution in [0.3, 0.4) is 0 Å². The fourth-order valence-corrected chi connectivity index (χ4v) is 0.760. The van der Waals surface area contributed by atoms with Crippen LogP contribution in [0.4, 0.5) is 0 Å². The number of carbonyl (C=O) groups is 1. The Bertz CT molecular complexity index is 280. The van der Waals surface area contributed by atoms with Gasteiger partial charge in [-0.3, -0.25) is 10.1 Å². The number of carboxylic acid groups (broad SMARTS) is 1. The van der Waals surface area contributed by atoms with E-state index in [1.807, 2.05) is 0 Å². The molecular weight excluding hydrogens is 166 g/mol. The van der Waals surface area contributed by atoms with Crippen molar-refractivity contribution in [3.05, 3.63) is 34.2 Å². The molecule has 0 spiro atoms. The van der Waals surface area contributed by atoms with Gasteiger partial charge in [-0.1, -0.05) is 0 Å². The maximum absolute atomic E-state index is 10.4. The number of hydrogen-bond acceptors (Lipinski definition) is 4.